The van der Waals surface area contributed by atoms with E-state index in [-0.39, 0.29) is 10.9 Å². The summed E-state index contributed by atoms with van der Waals surface area (Å²) in [6, 6.07) is 8.30. The SMILES string of the molecule is CS(=O)(=O)c1ccc(C(Cc2ccncc2Cl)NN)cc1. The summed E-state index contributed by atoms with van der Waals surface area (Å²) in [5.41, 5.74) is 4.53. The minimum absolute atomic E-state index is 0.168. The highest BCUT2D eigenvalue weighted by atomic mass is 35.5. The third-order valence-electron chi connectivity index (χ3n) is 3.19. The van der Waals surface area contributed by atoms with Crippen LogP contribution in [-0.2, 0) is 16.3 Å². The number of sulfone groups is 1. The van der Waals surface area contributed by atoms with E-state index in [9.17, 15) is 8.42 Å². The number of pyridine rings is 1. The van der Waals surface area contributed by atoms with Crippen LogP contribution in [-0.4, -0.2) is 19.7 Å². The third-order valence-corrected chi connectivity index (χ3v) is 4.66. The van der Waals surface area contributed by atoms with Crippen molar-refractivity contribution >= 4 is 21.4 Å². The fraction of sp³-hybridized carbons (Fsp3) is 0.214. The number of rotatable bonds is 5. The van der Waals surface area contributed by atoms with Crippen LogP contribution in [0.25, 0.3) is 0 Å². The van der Waals surface area contributed by atoms with Gasteiger partial charge >= 0.3 is 0 Å². The topological polar surface area (TPSA) is 85.1 Å². The molecular weight excluding hydrogens is 310 g/mol. The second kappa shape index (κ2) is 6.53. The molecule has 1 atom stereocenters. The van der Waals surface area contributed by atoms with Gasteiger partial charge in [0.15, 0.2) is 9.84 Å². The molecule has 0 amide bonds. The van der Waals surface area contributed by atoms with Crippen molar-refractivity contribution < 1.29 is 8.42 Å². The van der Waals surface area contributed by atoms with Gasteiger partial charge in [-0.3, -0.25) is 16.3 Å². The smallest absolute Gasteiger partial charge is 0.175 e. The number of benzene rings is 1. The molecule has 0 aliphatic carbocycles. The molecule has 1 aromatic carbocycles. The first kappa shape index (κ1) is 15.9. The first-order valence-electron chi connectivity index (χ1n) is 6.26. The van der Waals surface area contributed by atoms with Crippen LogP contribution < -0.4 is 11.3 Å². The Bertz CT molecular complexity index is 717. The van der Waals surface area contributed by atoms with E-state index in [1.807, 2.05) is 6.07 Å². The van der Waals surface area contributed by atoms with E-state index in [2.05, 4.69) is 10.4 Å². The summed E-state index contributed by atoms with van der Waals surface area (Å²) in [7, 11) is -3.20. The van der Waals surface area contributed by atoms with Crippen molar-refractivity contribution in [2.75, 3.05) is 6.26 Å². The minimum atomic E-state index is -3.20. The van der Waals surface area contributed by atoms with Crippen LogP contribution in [0.2, 0.25) is 5.02 Å². The molecule has 3 N–H and O–H groups in total. The number of hydrogen-bond donors (Lipinski definition) is 2. The quantitative estimate of drug-likeness (QED) is 0.647. The summed E-state index contributed by atoms with van der Waals surface area (Å²) in [5, 5.41) is 0.575. The molecule has 0 bridgehead atoms. The second-order valence-corrected chi connectivity index (χ2v) is 7.15. The van der Waals surface area contributed by atoms with Crippen LogP contribution in [0.15, 0.2) is 47.6 Å². The molecule has 2 rings (SSSR count). The van der Waals surface area contributed by atoms with E-state index < -0.39 is 9.84 Å². The molecule has 0 spiro atoms. The lowest BCUT2D eigenvalue weighted by atomic mass is 10.0. The van der Waals surface area contributed by atoms with Crippen LogP contribution in [0, 0.1) is 0 Å². The van der Waals surface area contributed by atoms with Crippen LogP contribution in [0.5, 0.6) is 0 Å². The normalized spacial score (nSPS) is 13.1. The van der Waals surface area contributed by atoms with Crippen LogP contribution >= 0.6 is 11.6 Å². The predicted octanol–water partition coefficient (Wildman–Crippen LogP) is 1.89. The largest absolute Gasteiger partial charge is 0.271 e. The number of nitrogens with two attached hydrogens (primary N) is 1. The Morgan fingerprint density at radius 2 is 1.95 bits per heavy atom. The van der Waals surface area contributed by atoms with E-state index in [4.69, 9.17) is 17.4 Å². The van der Waals surface area contributed by atoms with Gasteiger partial charge in [0, 0.05) is 18.6 Å². The molecule has 1 heterocycles. The molecule has 7 heteroatoms. The lowest BCUT2D eigenvalue weighted by Crippen LogP contribution is -2.29. The molecule has 0 fully saturated rings. The first-order valence-corrected chi connectivity index (χ1v) is 8.53. The van der Waals surface area contributed by atoms with Crippen molar-refractivity contribution in [3.05, 3.63) is 58.9 Å². The van der Waals surface area contributed by atoms with Gasteiger partial charge in [-0.1, -0.05) is 23.7 Å². The Hall–Kier alpha value is -1.47. The molecule has 0 aliphatic heterocycles. The Morgan fingerprint density at radius 1 is 1.29 bits per heavy atom. The first-order chi connectivity index (χ1) is 9.91. The van der Waals surface area contributed by atoms with Crippen molar-refractivity contribution in [1.29, 1.82) is 0 Å². The lowest BCUT2D eigenvalue weighted by molar-refractivity contribution is 0.551. The van der Waals surface area contributed by atoms with Gasteiger partial charge in [0.05, 0.1) is 16.0 Å². The van der Waals surface area contributed by atoms with Crippen LogP contribution in [0.1, 0.15) is 17.2 Å². The zero-order valence-electron chi connectivity index (χ0n) is 11.5. The molecule has 0 radical (unpaired) electrons. The monoisotopic (exact) mass is 325 g/mol. The van der Waals surface area contributed by atoms with Crippen molar-refractivity contribution in [2.24, 2.45) is 5.84 Å². The Labute approximate surface area is 129 Å². The highest BCUT2D eigenvalue weighted by Crippen LogP contribution is 2.23. The molecule has 0 aliphatic rings. The fourth-order valence-electron chi connectivity index (χ4n) is 2.01. The number of aromatic nitrogens is 1. The molecule has 112 valence electrons. The number of halogens is 1. The second-order valence-electron chi connectivity index (χ2n) is 4.73. The molecule has 0 saturated carbocycles. The zero-order valence-corrected chi connectivity index (χ0v) is 13.0. The fourth-order valence-corrected chi connectivity index (χ4v) is 2.84. The number of nitrogens with one attached hydrogen (secondary N) is 1. The highest BCUT2D eigenvalue weighted by Gasteiger charge is 2.14. The van der Waals surface area contributed by atoms with Crippen molar-refractivity contribution in [2.45, 2.75) is 17.4 Å². The molecule has 21 heavy (non-hydrogen) atoms. The van der Waals surface area contributed by atoms with Gasteiger partial charge in [0.1, 0.15) is 0 Å². The van der Waals surface area contributed by atoms with Gasteiger partial charge < -0.3 is 0 Å². The summed E-state index contributed by atoms with van der Waals surface area (Å²) in [4.78, 5) is 4.22. The van der Waals surface area contributed by atoms with Crippen molar-refractivity contribution in [3.63, 3.8) is 0 Å². The maximum atomic E-state index is 11.5. The molecular formula is C14H16ClN3O2S. The van der Waals surface area contributed by atoms with Crippen LogP contribution in [0.3, 0.4) is 0 Å². The number of hydrazine groups is 1. The van der Waals surface area contributed by atoms with Crippen LogP contribution in [0.4, 0.5) is 0 Å². The zero-order chi connectivity index (χ0) is 15.5. The number of nitrogens with zero attached hydrogens (tertiary/aromatic N) is 1. The summed E-state index contributed by atoms with van der Waals surface area (Å²) in [6.07, 6.45) is 5.01. The predicted molar refractivity (Wildman–Crippen MR) is 82.6 cm³/mol. The highest BCUT2D eigenvalue weighted by molar-refractivity contribution is 7.90. The Balaban J connectivity index is 2.24. The van der Waals surface area contributed by atoms with Gasteiger partial charge in [0.2, 0.25) is 0 Å². The number of hydrogen-bond acceptors (Lipinski definition) is 5. The summed E-state index contributed by atoms with van der Waals surface area (Å²) in [5.74, 6) is 5.60. The lowest BCUT2D eigenvalue weighted by Gasteiger charge is -2.17. The molecule has 2 aromatic rings. The molecule has 1 unspecified atom stereocenters. The average molecular weight is 326 g/mol. The van der Waals surface area contributed by atoms with Crippen molar-refractivity contribution in [3.8, 4) is 0 Å². The summed E-state index contributed by atoms with van der Waals surface area (Å²) in [6.45, 7) is 0. The van der Waals surface area contributed by atoms with E-state index in [1.54, 1.807) is 36.7 Å². The summed E-state index contributed by atoms with van der Waals surface area (Å²) < 4.78 is 22.9. The minimum Gasteiger partial charge on any atom is -0.271 e. The summed E-state index contributed by atoms with van der Waals surface area (Å²) >= 11 is 6.09. The molecule has 5 nitrogen and oxygen atoms in total. The van der Waals surface area contributed by atoms with Gasteiger partial charge in [-0.25, -0.2) is 8.42 Å². The Kier molecular flexibility index (Phi) is 4.95. The Morgan fingerprint density at radius 3 is 2.48 bits per heavy atom. The van der Waals surface area contributed by atoms with E-state index in [0.29, 0.717) is 11.4 Å². The van der Waals surface area contributed by atoms with E-state index in [1.165, 1.54) is 6.26 Å². The van der Waals surface area contributed by atoms with E-state index >= 15 is 0 Å². The molecule has 0 saturated heterocycles. The molecule has 1 aromatic heterocycles. The van der Waals surface area contributed by atoms with Gasteiger partial charge in [-0.2, -0.15) is 0 Å². The standard InChI is InChI=1S/C14H16ClN3O2S/c1-21(19,20)12-4-2-10(3-5-12)14(18-16)8-11-6-7-17-9-13(11)15/h2-7,9,14,18H,8,16H2,1H3. The van der Waals surface area contributed by atoms with Gasteiger partial charge in [0.25, 0.3) is 0 Å². The van der Waals surface area contributed by atoms with E-state index in [0.717, 1.165) is 11.1 Å². The third kappa shape index (κ3) is 4.01. The maximum Gasteiger partial charge on any atom is 0.175 e. The van der Waals surface area contributed by atoms with Crippen molar-refractivity contribution in [1.82, 2.24) is 10.4 Å². The van der Waals surface area contributed by atoms with Gasteiger partial charge in [-0.05, 0) is 35.7 Å². The van der Waals surface area contributed by atoms with Gasteiger partial charge in [-0.15, -0.1) is 0 Å². The average Bonchev–Trinajstić information content (AvgIpc) is 2.46. The maximum absolute atomic E-state index is 11.5.